The van der Waals surface area contributed by atoms with Crippen LogP contribution in [0.2, 0.25) is 0 Å². The summed E-state index contributed by atoms with van der Waals surface area (Å²) >= 11 is 0. The minimum atomic E-state index is -0.250. The van der Waals surface area contributed by atoms with Crippen LogP contribution in [0, 0.1) is 0 Å². The molecule has 2 aromatic carbocycles. The standard InChI is InChI=1S/C21H24N2O2/c1-25-19-9-5-8-15-12-13-23(14-18(15)19)20(16-6-3-2-4-7-16)21(24)22-17-10-11-17/h2-9,17,20H,10-14H2,1H3,(H,22,24). The number of ether oxygens (including phenoxy) is 1. The van der Waals surface area contributed by atoms with E-state index in [2.05, 4.69) is 28.4 Å². The van der Waals surface area contributed by atoms with Crippen molar-refractivity contribution in [3.63, 3.8) is 0 Å². The maximum Gasteiger partial charge on any atom is 0.242 e. The Morgan fingerprint density at radius 3 is 2.68 bits per heavy atom. The number of fused-ring (bicyclic) bond motifs is 1. The SMILES string of the molecule is COc1cccc2c1CN(C(C(=O)NC1CC1)c1ccccc1)CC2. The lowest BCUT2D eigenvalue weighted by molar-refractivity contribution is -0.127. The summed E-state index contributed by atoms with van der Waals surface area (Å²) in [7, 11) is 1.71. The zero-order chi connectivity index (χ0) is 17.2. The van der Waals surface area contributed by atoms with Crippen molar-refractivity contribution in [3.05, 3.63) is 65.2 Å². The van der Waals surface area contributed by atoms with Gasteiger partial charge in [0.2, 0.25) is 5.91 Å². The van der Waals surface area contributed by atoms with E-state index in [-0.39, 0.29) is 11.9 Å². The van der Waals surface area contributed by atoms with Gasteiger partial charge in [-0.1, -0.05) is 42.5 Å². The molecule has 0 spiro atoms. The van der Waals surface area contributed by atoms with Crippen molar-refractivity contribution < 1.29 is 9.53 Å². The van der Waals surface area contributed by atoms with Gasteiger partial charge in [-0.2, -0.15) is 0 Å². The molecule has 1 N–H and O–H groups in total. The summed E-state index contributed by atoms with van der Waals surface area (Å²) in [5, 5.41) is 3.19. The number of carbonyl (C=O) groups is 1. The summed E-state index contributed by atoms with van der Waals surface area (Å²) < 4.78 is 5.55. The quantitative estimate of drug-likeness (QED) is 0.912. The Labute approximate surface area is 148 Å². The number of nitrogens with zero attached hydrogens (tertiary/aromatic N) is 1. The van der Waals surface area contributed by atoms with Gasteiger partial charge < -0.3 is 10.1 Å². The lowest BCUT2D eigenvalue weighted by Gasteiger charge is -2.35. The predicted octanol–water partition coefficient (Wildman–Crippen LogP) is 3.07. The molecule has 1 aliphatic carbocycles. The van der Waals surface area contributed by atoms with Gasteiger partial charge in [-0.3, -0.25) is 9.69 Å². The van der Waals surface area contributed by atoms with Crippen LogP contribution in [0.15, 0.2) is 48.5 Å². The zero-order valence-electron chi connectivity index (χ0n) is 14.6. The van der Waals surface area contributed by atoms with E-state index >= 15 is 0 Å². The Morgan fingerprint density at radius 1 is 1.16 bits per heavy atom. The van der Waals surface area contributed by atoms with Gasteiger partial charge in [-0.15, -0.1) is 0 Å². The van der Waals surface area contributed by atoms with Crippen molar-refractivity contribution in [3.8, 4) is 5.75 Å². The lowest BCUT2D eigenvalue weighted by Crippen LogP contribution is -2.43. The highest BCUT2D eigenvalue weighted by molar-refractivity contribution is 5.83. The van der Waals surface area contributed by atoms with Gasteiger partial charge >= 0.3 is 0 Å². The molecule has 2 aliphatic rings. The summed E-state index contributed by atoms with van der Waals surface area (Å²) in [5.41, 5.74) is 3.58. The molecule has 1 atom stereocenters. The van der Waals surface area contributed by atoms with Crippen LogP contribution in [-0.2, 0) is 17.8 Å². The van der Waals surface area contributed by atoms with Crippen molar-refractivity contribution in [1.29, 1.82) is 0 Å². The van der Waals surface area contributed by atoms with Gasteiger partial charge in [-0.05, 0) is 36.5 Å². The molecular formula is C21H24N2O2. The fourth-order valence-electron chi connectivity index (χ4n) is 3.65. The van der Waals surface area contributed by atoms with Gasteiger partial charge in [0.05, 0.1) is 7.11 Å². The zero-order valence-corrected chi connectivity index (χ0v) is 14.6. The van der Waals surface area contributed by atoms with Crippen LogP contribution >= 0.6 is 0 Å². The molecule has 2 aromatic rings. The van der Waals surface area contributed by atoms with E-state index in [1.165, 1.54) is 11.1 Å². The van der Waals surface area contributed by atoms with Crippen LogP contribution in [0.3, 0.4) is 0 Å². The van der Waals surface area contributed by atoms with Crippen LogP contribution in [0.1, 0.15) is 35.6 Å². The van der Waals surface area contributed by atoms with Crippen molar-refractivity contribution in [2.75, 3.05) is 13.7 Å². The molecule has 0 radical (unpaired) electrons. The Bertz CT molecular complexity index is 741. The molecule has 1 saturated carbocycles. The first kappa shape index (κ1) is 16.2. The maximum atomic E-state index is 13.0. The highest BCUT2D eigenvalue weighted by Crippen LogP contribution is 2.33. The van der Waals surface area contributed by atoms with Gasteiger partial charge in [0.15, 0.2) is 0 Å². The number of methoxy groups -OCH3 is 1. The Hall–Kier alpha value is -2.33. The first-order valence-electron chi connectivity index (χ1n) is 9.00. The maximum absolute atomic E-state index is 13.0. The normalized spacial score (nSPS) is 18.3. The molecule has 4 nitrogen and oxygen atoms in total. The number of hydrogen-bond donors (Lipinski definition) is 1. The van der Waals surface area contributed by atoms with Crippen molar-refractivity contribution >= 4 is 5.91 Å². The molecule has 1 unspecified atom stereocenters. The number of benzene rings is 2. The number of rotatable bonds is 5. The third kappa shape index (κ3) is 3.40. The summed E-state index contributed by atoms with van der Waals surface area (Å²) in [6.45, 7) is 1.61. The number of amides is 1. The molecule has 130 valence electrons. The van der Waals surface area contributed by atoms with Crippen molar-refractivity contribution in [2.24, 2.45) is 0 Å². The molecule has 0 aromatic heterocycles. The highest BCUT2D eigenvalue weighted by Gasteiger charge is 2.34. The lowest BCUT2D eigenvalue weighted by atomic mass is 9.95. The average molecular weight is 336 g/mol. The monoisotopic (exact) mass is 336 g/mol. The Morgan fingerprint density at radius 2 is 1.96 bits per heavy atom. The minimum absolute atomic E-state index is 0.118. The second-order valence-corrected chi connectivity index (χ2v) is 6.91. The predicted molar refractivity (Wildman–Crippen MR) is 97.5 cm³/mol. The van der Waals surface area contributed by atoms with Gasteiger partial charge in [-0.25, -0.2) is 0 Å². The second kappa shape index (κ2) is 6.89. The van der Waals surface area contributed by atoms with E-state index in [0.717, 1.165) is 43.7 Å². The van der Waals surface area contributed by atoms with Gasteiger partial charge in [0.25, 0.3) is 0 Å². The summed E-state index contributed by atoms with van der Waals surface area (Å²) in [6, 6.07) is 16.4. The Kier molecular flexibility index (Phi) is 4.45. The highest BCUT2D eigenvalue weighted by atomic mass is 16.5. The fourth-order valence-corrected chi connectivity index (χ4v) is 3.65. The molecule has 4 heteroatoms. The van der Waals surface area contributed by atoms with E-state index in [9.17, 15) is 4.79 Å². The van der Waals surface area contributed by atoms with Crippen LogP contribution < -0.4 is 10.1 Å². The smallest absolute Gasteiger partial charge is 0.242 e. The molecule has 25 heavy (non-hydrogen) atoms. The van der Waals surface area contributed by atoms with Crippen molar-refractivity contribution in [1.82, 2.24) is 10.2 Å². The first-order valence-corrected chi connectivity index (χ1v) is 9.00. The fraction of sp³-hybridized carbons (Fsp3) is 0.381. The van der Waals surface area contributed by atoms with E-state index < -0.39 is 0 Å². The Balaban J connectivity index is 1.64. The topological polar surface area (TPSA) is 41.6 Å². The van der Waals surface area contributed by atoms with E-state index in [1.807, 2.05) is 30.3 Å². The van der Waals surface area contributed by atoms with Crippen molar-refractivity contribution in [2.45, 2.75) is 37.9 Å². The molecule has 0 saturated heterocycles. The molecule has 1 heterocycles. The van der Waals surface area contributed by atoms with E-state index in [0.29, 0.717) is 6.04 Å². The molecule has 1 fully saturated rings. The molecule has 0 bridgehead atoms. The third-order valence-corrected chi connectivity index (χ3v) is 5.13. The summed E-state index contributed by atoms with van der Waals surface area (Å²) in [5.74, 6) is 1.03. The van der Waals surface area contributed by atoms with Crippen LogP contribution in [-0.4, -0.2) is 30.5 Å². The minimum Gasteiger partial charge on any atom is -0.496 e. The number of hydrogen-bond acceptors (Lipinski definition) is 3. The molecular weight excluding hydrogens is 312 g/mol. The molecule has 4 rings (SSSR count). The van der Waals surface area contributed by atoms with E-state index in [1.54, 1.807) is 7.11 Å². The van der Waals surface area contributed by atoms with Gasteiger partial charge in [0.1, 0.15) is 11.8 Å². The second-order valence-electron chi connectivity index (χ2n) is 6.91. The van der Waals surface area contributed by atoms with Crippen LogP contribution in [0.25, 0.3) is 0 Å². The van der Waals surface area contributed by atoms with Gasteiger partial charge in [0, 0.05) is 24.7 Å². The van der Waals surface area contributed by atoms with Crippen LogP contribution in [0.5, 0.6) is 5.75 Å². The average Bonchev–Trinajstić information content (AvgIpc) is 3.46. The largest absolute Gasteiger partial charge is 0.496 e. The third-order valence-electron chi connectivity index (χ3n) is 5.13. The summed E-state index contributed by atoms with van der Waals surface area (Å²) in [6.07, 6.45) is 3.14. The van der Waals surface area contributed by atoms with Crippen LogP contribution in [0.4, 0.5) is 0 Å². The molecule has 1 amide bonds. The number of nitrogens with one attached hydrogen (secondary N) is 1. The number of carbonyl (C=O) groups excluding carboxylic acids is 1. The molecule has 1 aliphatic heterocycles. The van der Waals surface area contributed by atoms with E-state index in [4.69, 9.17) is 4.74 Å². The first-order chi connectivity index (χ1) is 12.3. The summed E-state index contributed by atoms with van der Waals surface area (Å²) in [4.78, 5) is 15.3.